The molecule has 22 heavy (non-hydrogen) atoms. The highest BCUT2D eigenvalue weighted by Gasteiger charge is 2.33. The topological polar surface area (TPSA) is 83.9 Å². The SMILES string of the molecule is Cc1cn[nH]c1[C@H]1CCCN(S(=O)(=O)c2cn(C)nc2C)C1. The molecule has 0 radical (unpaired) electrons. The molecule has 1 N–H and O–H groups in total. The van der Waals surface area contributed by atoms with E-state index in [1.165, 1.54) is 0 Å². The van der Waals surface area contributed by atoms with Crippen LogP contribution in [-0.4, -0.2) is 45.8 Å². The van der Waals surface area contributed by atoms with E-state index in [0.29, 0.717) is 23.7 Å². The first kappa shape index (κ1) is 15.2. The average Bonchev–Trinajstić information content (AvgIpc) is 3.05. The predicted molar refractivity (Wildman–Crippen MR) is 82.0 cm³/mol. The Morgan fingerprint density at radius 3 is 2.73 bits per heavy atom. The van der Waals surface area contributed by atoms with Crippen LogP contribution in [0.1, 0.15) is 35.7 Å². The summed E-state index contributed by atoms with van der Waals surface area (Å²) < 4.78 is 28.9. The Labute approximate surface area is 130 Å². The minimum absolute atomic E-state index is 0.169. The van der Waals surface area contributed by atoms with Gasteiger partial charge in [0.25, 0.3) is 0 Å². The zero-order chi connectivity index (χ0) is 15.9. The van der Waals surface area contributed by atoms with E-state index in [4.69, 9.17) is 0 Å². The molecule has 7 nitrogen and oxygen atoms in total. The largest absolute Gasteiger partial charge is 0.282 e. The second-order valence-electron chi connectivity index (χ2n) is 5.92. The third kappa shape index (κ3) is 2.56. The number of hydrogen-bond acceptors (Lipinski definition) is 4. The summed E-state index contributed by atoms with van der Waals surface area (Å²) in [6, 6.07) is 0. The van der Waals surface area contributed by atoms with Crippen LogP contribution in [0, 0.1) is 13.8 Å². The molecule has 8 heteroatoms. The van der Waals surface area contributed by atoms with Gasteiger partial charge in [0.15, 0.2) is 0 Å². The molecule has 3 heterocycles. The molecule has 2 aromatic rings. The Kier molecular flexibility index (Phi) is 3.82. The first-order valence-corrected chi connectivity index (χ1v) is 8.84. The number of H-pyrrole nitrogens is 1. The molecule has 0 aromatic carbocycles. The maximum Gasteiger partial charge on any atom is 0.246 e. The number of aromatic nitrogens is 4. The first-order valence-electron chi connectivity index (χ1n) is 7.40. The Balaban J connectivity index is 1.88. The molecule has 0 amide bonds. The van der Waals surface area contributed by atoms with Crippen LogP contribution in [0.5, 0.6) is 0 Å². The molecular formula is C14H21N5O2S. The van der Waals surface area contributed by atoms with E-state index in [0.717, 1.165) is 24.1 Å². The minimum atomic E-state index is -3.49. The number of nitrogens with one attached hydrogen (secondary N) is 1. The molecule has 0 unspecified atom stereocenters. The van der Waals surface area contributed by atoms with Crippen LogP contribution in [0.3, 0.4) is 0 Å². The molecule has 3 rings (SSSR count). The molecule has 0 bridgehead atoms. The van der Waals surface area contributed by atoms with E-state index in [1.807, 2.05) is 6.92 Å². The molecule has 2 aromatic heterocycles. The lowest BCUT2D eigenvalue weighted by atomic mass is 9.94. The summed E-state index contributed by atoms with van der Waals surface area (Å²) in [5, 5.41) is 11.2. The molecule has 1 fully saturated rings. The molecule has 1 aliphatic rings. The summed E-state index contributed by atoms with van der Waals surface area (Å²) in [5.74, 6) is 0.169. The highest BCUT2D eigenvalue weighted by atomic mass is 32.2. The number of hydrogen-bond donors (Lipinski definition) is 1. The Bertz CT molecular complexity index is 777. The maximum absolute atomic E-state index is 12.9. The molecule has 0 saturated carbocycles. The minimum Gasteiger partial charge on any atom is -0.282 e. The molecule has 1 aliphatic heterocycles. The first-order chi connectivity index (χ1) is 10.4. The lowest BCUT2D eigenvalue weighted by Gasteiger charge is -2.31. The van der Waals surface area contributed by atoms with Crippen LogP contribution in [0.4, 0.5) is 0 Å². The highest BCUT2D eigenvalue weighted by Crippen LogP contribution is 2.31. The highest BCUT2D eigenvalue weighted by molar-refractivity contribution is 7.89. The van der Waals surface area contributed by atoms with Gasteiger partial charge in [-0.25, -0.2) is 8.42 Å². The summed E-state index contributed by atoms with van der Waals surface area (Å²) in [6.45, 7) is 4.77. The zero-order valence-electron chi connectivity index (χ0n) is 13.1. The zero-order valence-corrected chi connectivity index (χ0v) is 13.9. The standard InChI is InChI=1S/C14H21N5O2S/c1-10-7-15-16-14(10)12-5-4-6-19(8-12)22(20,21)13-9-18(3)17-11(13)2/h7,9,12H,4-6,8H2,1-3H3,(H,15,16)/t12-/m0/s1. The van der Waals surface area contributed by atoms with Gasteiger partial charge >= 0.3 is 0 Å². The van der Waals surface area contributed by atoms with Crippen molar-refractivity contribution in [2.24, 2.45) is 7.05 Å². The molecule has 0 aliphatic carbocycles. The van der Waals surface area contributed by atoms with Gasteiger partial charge < -0.3 is 0 Å². The third-order valence-corrected chi connectivity index (χ3v) is 6.21. The Morgan fingerprint density at radius 1 is 1.36 bits per heavy atom. The fourth-order valence-corrected chi connectivity index (χ4v) is 4.86. The smallest absolute Gasteiger partial charge is 0.246 e. The summed E-state index contributed by atoms with van der Waals surface area (Å²) in [5.41, 5.74) is 2.67. The van der Waals surface area contributed by atoms with Crippen molar-refractivity contribution in [3.63, 3.8) is 0 Å². The lowest BCUT2D eigenvalue weighted by Crippen LogP contribution is -2.39. The predicted octanol–water partition coefficient (Wildman–Crippen LogP) is 1.33. The van der Waals surface area contributed by atoms with Crippen LogP contribution < -0.4 is 0 Å². The third-order valence-electron chi connectivity index (χ3n) is 4.25. The van der Waals surface area contributed by atoms with E-state index in [9.17, 15) is 8.42 Å². The van der Waals surface area contributed by atoms with E-state index in [1.54, 1.807) is 35.4 Å². The van der Waals surface area contributed by atoms with E-state index >= 15 is 0 Å². The van der Waals surface area contributed by atoms with E-state index < -0.39 is 10.0 Å². The van der Waals surface area contributed by atoms with Gasteiger partial charge in [-0.1, -0.05) is 0 Å². The molecule has 120 valence electrons. The lowest BCUT2D eigenvalue weighted by molar-refractivity contribution is 0.312. The molecule has 1 saturated heterocycles. The van der Waals surface area contributed by atoms with Gasteiger partial charge in [0.2, 0.25) is 10.0 Å². The Hall–Kier alpha value is -1.67. The van der Waals surface area contributed by atoms with Gasteiger partial charge in [0.05, 0.1) is 11.9 Å². The van der Waals surface area contributed by atoms with Crippen molar-refractivity contribution < 1.29 is 8.42 Å². The van der Waals surface area contributed by atoms with Crippen molar-refractivity contribution in [2.45, 2.75) is 37.5 Å². The summed E-state index contributed by atoms with van der Waals surface area (Å²) in [6.07, 6.45) is 5.19. The maximum atomic E-state index is 12.9. The number of nitrogens with zero attached hydrogens (tertiary/aromatic N) is 4. The van der Waals surface area contributed by atoms with E-state index in [-0.39, 0.29) is 5.92 Å². The summed E-state index contributed by atoms with van der Waals surface area (Å²) in [7, 11) is -1.76. The fraction of sp³-hybridized carbons (Fsp3) is 0.571. The van der Waals surface area contributed by atoms with Crippen molar-refractivity contribution in [1.82, 2.24) is 24.3 Å². The van der Waals surface area contributed by atoms with Crippen molar-refractivity contribution in [3.05, 3.63) is 29.3 Å². The van der Waals surface area contributed by atoms with Crippen molar-refractivity contribution in [1.29, 1.82) is 0 Å². The average molecular weight is 323 g/mol. The van der Waals surface area contributed by atoms with Crippen LogP contribution in [0.2, 0.25) is 0 Å². The van der Waals surface area contributed by atoms with Crippen LogP contribution in [0.25, 0.3) is 0 Å². The normalized spacial score (nSPS) is 20.4. The number of rotatable bonds is 3. The van der Waals surface area contributed by atoms with Gasteiger partial charge in [-0.3, -0.25) is 9.78 Å². The van der Waals surface area contributed by atoms with Gasteiger partial charge in [0.1, 0.15) is 4.90 Å². The van der Waals surface area contributed by atoms with Crippen LogP contribution >= 0.6 is 0 Å². The monoisotopic (exact) mass is 323 g/mol. The van der Waals surface area contributed by atoms with Gasteiger partial charge in [0, 0.05) is 37.9 Å². The quantitative estimate of drug-likeness (QED) is 0.923. The number of aryl methyl sites for hydroxylation is 3. The number of aromatic amines is 1. The second kappa shape index (κ2) is 5.51. The van der Waals surface area contributed by atoms with Gasteiger partial charge in [-0.15, -0.1) is 0 Å². The van der Waals surface area contributed by atoms with Crippen molar-refractivity contribution in [3.8, 4) is 0 Å². The molecular weight excluding hydrogens is 302 g/mol. The number of piperidine rings is 1. The van der Waals surface area contributed by atoms with Crippen molar-refractivity contribution >= 4 is 10.0 Å². The van der Waals surface area contributed by atoms with Gasteiger partial charge in [-0.05, 0) is 32.3 Å². The Morgan fingerprint density at radius 2 is 2.14 bits per heavy atom. The van der Waals surface area contributed by atoms with E-state index in [2.05, 4.69) is 15.3 Å². The van der Waals surface area contributed by atoms with Crippen molar-refractivity contribution in [2.75, 3.05) is 13.1 Å². The molecule has 1 atom stereocenters. The molecule has 0 spiro atoms. The number of sulfonamides is 1. The van der Waals surface area contributed by atoms with Crippen LogP contribution in [-0.2, 0) is 17.1 Å². The second-order valence-corrected chi connectivity index (χ2v) is 7.83. The van der Waals surface area contributed by atoms with Gasteiger partial charge in [-0.2, -0.15) is 14.5 Å². The summed E-state index contributed by atoms with van der Waals surface area (Å²) in [4.78, 5) is 0.303. The van der Waals surface area contributed by atoms with Crippen LogP contribution in [0.15, 0.2) is 17.3 Å². The fourth-order valence-electron chi connectivity index (χ4n) is 3.14. The summed E-state index contributed by atoms with van der Waals surface area (Å²) >= 11 is 0.